The Morgan fingerprint density at radius 1 is 0.581 bits per heavy atom. The number of rotatable bonds is 12. The molecule has 3 heterocycles. The topological polar surface area (TPSA) is 103 Å². The Hall–Kier alpha value is -3.50. The van der Waals surface area contributed by atoms with E-state index in [1.54, 1.807) is 0 Å². The summed E-state index contributed by atoms with van der Waals surface area (Å²) in [5.74, 6) is 2.80. The molecule has 2 saturated heterocycles. The number of likely N-dealkylation sites (N-methyl/N-ethyl adjacent to an activating group) is 2. The molecule has 5 rings (SSSR count). The standard InChI is InChI=1S/C34H48N8O/c1-39-19-23-41(24-20-39)17-3-15-37-33(35)29-9-5-27(6-10-29)31-13-14-32(43-31)28-7-11-30(12-8-28)34(36)38-16-4-18-42-25-21-40(2)22-26-42/h5-14H,3-4,15-26H2,1-2H3,(H2,35,37)(H2,36,38). The number of amidine groups is 2. The summed E-state index contributed by atoms with van der Waals surface area (Å²) in [6.07, 6.45) is 2.05. The molecule has 43 heavy (non-hydrogen) atoms. The SMILES string of the molecule is CN1CCN(CCCN=C(N)c2ccc(-c3ccc(-c4ccc(C(N)=NCCCN5CCN(C)CC5)cc4)o3)cc2)CC1. The van der Waals surface area contributed by atoms with Gasteiger partial charge in [0.25, 0.3) is 0 Å². The second-order valence-corrected chi connectivity index (χ2v) is 11.8. The average molecular weight is 585 g/mol. The van der Waals surface area contributed by atoms with Gasteiger partial charge in [0.1, 0.15) is 23.2 Å². The van der Waals surface area contributed by atoms with Crippen LogP contribution in [0.2, 0.25) is 0 Å². The number of aliphatic imine (C=N–C) groups is 2. The van der Waals surface area contributed by atoms with Gasteiger partial charge < -0.3 is 35.5 Å². The molecule has 0 atom stereocenters. The van der Waals surface area contributed by atoms with Crippen molar-refractivity contribution in [1.29, 1.82) is 0 Å². The van der Waals surface area contributed by atoms with Crippen LogP contribution < -0.4 is 11.5 Å². The maximum atomic E-state index is 6.29. The first-order valence-corrected chi connectivity index (χ1v) is 15.7. The molecule has 4 N–H and O–H groups in total. The van der Waals surface area contributed by atoms with Crippen molar-refractivity contribution in [3.63, 3.8) is 0 Å². The molecule has 0 radical (unpaired) electrons. The third kappa shape index (κ3) is 9.00. The van der Waals surface area contributed by atoms with Gasteiger partial charge in [-0.25, -0.2) is 0 Å². The fourth-order valence-corrected chi connectivity index (χ4v) is 5.57. The van der Waals surface area contributed by atoms with Gasteiger partial charge in [0.2, 0.25) is 0 Å². The zero-order valence-electron chi connectivity index (χ0n) is 25.9. The van der Waals surface area contributed by atoms with Crippen molar-refractivity contribution in [2.75, 3.05) is 92.6 Å². The van der Waals surface area contributed by atoms with Gasteiger partial charge in [-0.2, -0.15) is 0 Å². The highest BCUT2D eigenvalue weighted by Crippen LogP contribution is 2.29. The maximum absolute atomic E-state index is 6.29. The number of benzene rings is 2. The zero-order valence-corrected chi connectivity index (χ0v) is 25.9. The van der Waals surface area contributed by atoms with Crippen LogP contribution in [0.1, 0.15) is 24.0 Å². The van der Waals surface area contributed by atoms with Crippen molar-refractivity contribution in [2.45, 2.75) is 12.8 Å². The summed E-state index contributed by atoms with van der Waals surface area (Å²) >= 11 is 0. The fourth-order valence-electron chi connectivity index (χ4n) is 5.57. The largest absolute Gasteiger partial charge is 0.456 e. The van der Waals surface area contributed by atoms with Crippen molar-refractivity contribution < 1.29 is 4.42 Å². The van der Waals surface area contributed by atoms with E-state index in [0.29, 0.717) is 11.7 Å². The van der Waals surface area contributed by atoms with Gasteiger partial charge in [0.15, 0.2) is 0 Å². The molecule has 0 spiro atoms. The molecular formula is C34H48N8O. The predicted octanol–water partition coefficient (Wildman–Crippen LogP) is 3.30. The fraction of sp³-hybridized carbons (Fsp3) is 0.471. The lowest BCUT2D eigenvalue weighted by Crippen LogP contribution is -2.44. The van der Waals surface area contributed by atoms with Crippen molar-refractivity contribution >= 4 is 11.7 Å². The third-order valence-electron chi connectivity index (χ3n) is 8.56. The van der Waals surface area contributed by atoms with E-state index < -0.39 is 0 Å². The van der Waals surface area contributed by atoms with Gasteiger partial charge in [-0.15, -0.1) is 0 Å². The minimum atomic E-state index is 0.586. The molecule has 3 aromatic rings. The second-order valence-electron chi connectivity index (χ2n) is 11.8. The quantitative estimate of drug-likeness (QED) is 0.191. The molecule has 0 aliphatic carbocycles. The van der Waals surface area contributed by atoms with E-state index in [1.165, 1.54) is 0 Å². The molecule has 2 aliphatic rings. The second kappa shape index (κ2) is 15.3. The Balaban J connectivity index is 1.09. The lowest BCUT2D eigenvalue weighted by atomic mass is 10.1. The summed E-state index contributed by atoms with van der Waals surface area (Å²) in [5.41, 5.74) is 16.5. The van der Waals surface area contributed by atoms with Gasteiger partial charge in [-0.1, -0.05) is 48.5 Å². The van der Waals surface area contributed by atoms with Crippen molar-refractivity contribution in [3.05, 3.63) is 71.8 Å². The smallest absolute Gasteiger partial charge is 0.134 e. The van der Waals surface area contributed by atoms with Crippen molar-refractivity contribution in [3.8, 4) is 22.6 Å². The van der Waals surface area contributed by atoms with Gasteiger partial charge >= 0.3 is 0 Å². The monoisotopic (exact) mass is 584 g/mol. The Kier molecular flexibility index (Phi) is 11.0. The minimum Gasteiger partial charge on any atom is -0.456 e. The van der Waals surface area contributed by atoms with Gasteiger partial charge in [-0.05, 0) is 52.2 Å². The van der Waals surface area contributed by atoms with Crippen LogP contribution >= 0.6 is 0 Å². The molecule has 0 saturated carbocycles. The number of hydrogen-bond donors (Lipinski definition) is 2. The molecule has 230 valence electrons. The van der Waals surface area contributed by atoms with E-state index in [2.05, 4.69) is 43.7 Å². The van der Waals surface area contributed by atoms with Crippen LogP contribution in [0.15, 0.2) is 75.1 Å². The summed E-state index contributed by atoms with van der Waals surface area (Å²) in [4.78, 5) is 19.0. The molecule has 1 aromatic heterocycles. The van der Waals surface area contributed by atoms with E-state index >= 15 is 0 Å². The Labute approximate surface area is 256 Å². The molecule has 0 amide bonds. The van der Waals surface area contributed by atoms with Crippen LogP contribution in [0.5, 0.6) is 0 Å². The number of nitrogens with zero attached hydrogens (tertiary/aromatic N) is 6. The highest BCUT2D eigenvalue weighted by Gasteiger charge is 2.14. The first kappa shape index (κ1) is 30.9. The molecular weight excluding hydrogens is 536 g/mol. The molecule has 2 aromatic carbocycles. The Bertz CT molecular complexity index is 1230. The first-order chi connectivity index (χ1) is 20.9. The van der Waals surface area contributed by atoms with E-state index in [1.807, 2.05) is 60.7 Å². The lowest BCUT2D eigenvalue weighted by Gasteiger charge is -2.32. The zero-order chi connectivity index (χ0) is 30.0. The van der Waals surface area contributed by atoms with E-state index in [0.717, 1.165) is 125 Å². The van der Waals surface area contributed by atoms with Crippen LogP contribution in [0.4, 0.5) is 0 Å². The number of furan rings is 1. The average Bonchev–Trinajstić information content (AvgIpc) is 3.54. The molecule has 2 fully saturated rings. The number of piperazine rings is 2. The molecule has 0 bridgehead atoms. The Morgan fingerprint density at radius 2 is 0.953 bits per heavy atom. The highest BCUT2D eigenvalue weighted by molar-refractivity contribution is 5.98. The molecule has 0 unspecified atom stereocenters. The van der Waals surface area contributed by atoms with Crippen LogP contribution in [0.3, 0.4) is 0 Å². The van der Waals surface area contributed by atoms with Gasteiger partial charge in [0, 0.05) is 87.7 Å². The molecule has 9 heteroatoms. The summed E-state index contributed by atoms with van der Waals surface area (Å²) in [6.45, 7) is 12.8. The van der Waals surface area contributed by atoms with E-state index in [9.17, 15) is 0 Å². The van der Waals surface area contributed by atoms with Crippen LogP contribution in [-0.4, -0.2) is 124 Å². The number of nitrogens with two attached hydrogens (primary N) is 2. The summed E-state index contributed by atoms with van der Waals surface area (Å²) in [5, 5.41) is 0. The van der Waals surface area contributed by atoms with Gasteiger partial charge in [-0.3, -0.25) is 9.98 Å². The third-order valence-corrected chi connectivity index (χ3v) is 8.56. The normalized spacial score (nSPS) is 18.4. The van der Waals surface area contributed by atoms with E-state index in [4.69, 9.17) is 15.9 Å². The van der Waals surface area contributed by atoms with Gasteiger partial charge in [0.05, 0.1) is 0 Å². The van der Waals surface area contributed by atoms with Crippen LogP contribution in [-0.2, 0) is 0 Å². The van der Waals surface area contributed by atoms with E-state index in [-0.39, 0.29) is 0 Å². The molecule has 2 aliphatic heterocycles. The van der Waals surface area contributed by atoms with Crippen molar-refractivity contribution in [2.24, 2.45) is 21.5 Å². The van der Waals surface area contributed by atoms with Crippen molar-refractivity contribution in [1.82, 2.24) is 19.6 Å². The summed E-state index contributed by atoms with van der Waals surface area (Å²) < 4.78 is 6.21. The summed E-state index contributed by atoms with van der Waals surface area (Å²) in [6, 6.07) is 20.2. The highest BCUT2D eigenvalue weighted by atomic mass is 16.3. The first-order valence-electron chi connectivity index (χ1n) is 15.7. The minimum absolute atomic E-state index is 0.586. The molecule has 9 nitrogen and oxygen atoms in total. The predicted molar refractivity (Wildman–Crippen MR) is 178 cm³/mol. The van der Waals surface area contributed by atoms with Crippen LogP contribution in [0, 0.1) is 0 Å². The summed E-state index contributed by atoms with van der Waals surface area (Å²) in [7, 11) is 4.37. The maximum Gasteiger partial charge on any atom is 0.134 e. The number of hydrogen-bond acceptors (Lipinski definition) is 7. The Morgan fingerprint density at radius 3 is 1.33 bits per heavy atom. The lowest BCUT2D eigenvalue weighted by molar-refractivity contribution is 0.153. The van der Waals surface area contributed by atoms with Crippen LogP contribution in [0.25, 0.3) is 22.6 Å².